The van der Waals surface area contributed by atoms with E-state index in [9.17, 15) is 5.11 Å². The third kappa shape index (κ3) is 5.31. The second-order valence-corrected chi connectivity index (χ2v) is 5.40. The summed E-state index contributed by atoms with van der Waals surface area (Å²) in [6, 6.07) is 0.677. The van der Waals surface area contributed by atoms with Gasteiger partial charge in [-0.05, 0) is 32.1 Å². The predicted octanol–water partition coefficient (Wildman–Crippen LogP) is 3.10. The molecule has 3 atom stereocenters. The van der Waals surface area contributed by atoms with Gasteiger partial charge in [0.1, 0.15) is 0 Å². The molecular weight excluding hydrogens is 198 g/mol. The first kappa shape index (κ1) is 14.0. The van der Waals surface area contributed by atoms with Gasteiger partial charge in [-0.15, -0.1) is 0 Å². The van der Waals surface area contributed by atoms with Gasteiger partial charge in [0.2, 0.25) is 0 Å². The van der Waals surface area contributed by atoms with Crippen LogP contribution < -0.4 is 5.32 Å². The van der Waals surface area contributed by atoms with Crippen LogP contribution in [0.2, 0.25) is 0 Å². The summed E-state index contributed by atoms with van der Waals surface area (Å²) in [6.07, 6.45) is 10.8. The van der Waals surface area contributed by atoms with Crippen LogP contribution in [-0.4, -0.2) is 23.8 Å². The Bertz CT molecular complexity index is 170. The van der Waals surface area contributed by atoms with Gasteiger partial charge in [-0.25, -0.2) is 0 Å². The summed E-state index contributed by atoms with van der Waals surface area (Å²) in [5.74, 6) is 0.871. The minimum Gasteiger partial charge on any atom is -0.392 e. The maximum Gasteiger partial charge on any atom is 0.0636 e. The zero-order valence-electron chi connectivity index (χ0n) is 11.0. The number of rotatable bonds is 8. The Balaban J connectivity index is 2.13. The molecule has 1 aliphatic carbocycles. The highest BCUT2D eigenvalue weighted by molar-refractivity contribution is 4.83. The highest BCUT2D eigenvalue weighted by atomic mass is 16.3. The van der Waals surface area contributed by atoms with E-state index in [-0.39, 0.29) is 6.10 Å². The molecule has 0 aromatic heterocycles. The third-order valence-electron chi connectivity index (χ3n) is 3.76. The Labute approximate surface area is 101 Å². The van der Waals surface area contributed by atoms with E-state index in [4.69, 9.17) is 0 Å². The number of aliphatic hydroxyl groups excluding tert-OH is 1. The predicted molar refractivity (Wildman–Crippen MR) is 69.6 cm³/mol. The Morgan fingerprint density at radius 1 is 1.25 bits per heavy atom. The molecule has 1 fully saturated rings. The van der Waals surface area contributed by atoms with Crippen LogP contribution in [0.15, 0.2) is 0 Å². The van der Waals surface area contributed by atoms with E-state index in [1.54, 1.807) is 0 Å². The SMILES string of the molecule is CCCCCCC1CCCC1NC[C@@H](C)O. The van der Waals surface area contributed by atoms with E-state index >= 15 is 0 Å². The quantitative estimate of drug-likeness (QED) is 0.625. The van der Waals surface area contributed by atoms with Gasteiger partial charge in [0.15, 0.2) is 0 Å². The smallest absolute Gasteiger partial charge is 0.0636 e. The van der Waals surface area contributed by atoms with Crippen molar-refractivity contribution in [2.45, 2.75) is 77.4 Å². The molecule has 2 nitrogen and oxygen atoms in total. The van der Waals surface area contributed by atoms with Crippen LogP contribution >= 0.6 is 0 Å². The maximum atomic E-state index is 9.28. The zero-order valence-corrected chi connectivity index (χ0v) is 11.0. The van der Waals surface area contributed by atoms with Gasteiger partial charge < -0.3 is 10.4 Å². The summed E-state index contributed by atoms with van der Waals surface area (Å²) in [7, 11) is 0. The molecule has 0 aromatic rings. The number of hydrogen-bond acceptors (Lipinski definition) is 2. The van der Waals surface area contributed by atoms with Crippen molar-refractivity contribution in [3.8, 4) is 0 Å². The Morgan fingerprint density at radius 2 is 2.06 bits per heavy atom. The van der Waals surface area contributed by atoms with Crippen molar-refractivity contribution in [3.63, 3.8) is 0 Å². The van der Waals surface area contributed by atoms with Gasteiger partial charge in [0, 0.05) is 12.6 Å². The summed E-state index contributed by atoms with van der Waals surface area (Å²) in [6.45, 7) is 4.89. The van der Waals surface area contributed by atoms with Crippen LogP contribution in [0, 0.1) is 5.92 Å². The molecule has 1 aliphatic rings. The topological polar surface area (TPSA) is 32.3 Å². The fraction of sp³-hybridized carbons (Fsp3) is 1.00. The number of unbranched alkanes of at least 4 members (excludes halogenated alkanes) is 3. The second-order valence-electron chi connectivity index (χ2n) is 5.40. The van der Waals surface area contributed by atoms with E-state index in [1.807, 2.05) is 6.92 Å². The lowest BCUT2D eigenvalue weighted by Gasteiger charge is -2.21. The summed E-state index contributed by atoms with van der Waals surface area (Å²) >= 11 is 0. The molecule has 2 heteroatoms. The van der Waals surface area contributed by atoms with Crippen LogP contribution in [0.25, 0.3) is 0 Å². The molecule has 0 aromatic carbocycles. The van der Waals surface area contributed by atoms with E-state index in [0.717, 1.165) is 12.5 Å². The fourth-order valence-corrected chi connectivity index (χ4v) is 2.81. The molecule has 0 amide bonds. The molecule has 96 valence electrons. The highest BCUT2D eigenvalue weighted by Crippen LogP contribution is 2.30. The summed E-state index contributed by atoms with van der Waals surface area (Å²) in [5, 5.41) is 12.8. The van der Waals surface area contributed by atoms with E-state index < -0.39 is 0 Å². The average Bonchev–Trinajstić information content (AvgIpc) is 2.69. The molecule has 0 aliphatic heterocycles. The minimum atomic E-state index is -0.207. The van der Waals surface area contributed by atoms with Gasteiger partial charge in [-0.1, -0.05) is 39.0 Å². The standard InChI is InChI=1S/C14H29NO/c1-3-4-5-6-8-13-9-7-10-14(13)15-11-12(2)16/h12-16H,3-11H2,1-2H3/t12-,13?,14?/m1/s1. The summed E-state index contributed by atoms with van der Waals surface area (Å²) in [4.78, 5) is 0. The average molecular weight is 227 g/mol. The van der Waals surface area contributed by atoms with Crippen molar-refractivity contribution in [1.29, 1.82) is 0 Å². The van der Waals surface area contributed by atoms with Gasteiger partial charge in [0.25, 0.3) is 0 Å². The molecule has 1 rings (SSSR count). The molecule has 2 N–H and O–H groups in total. The number of aliphatic hydroxyl groups is 1. The minimum absolute atomic E-state index is 0.207. The lowest BCUT2D eigenvalue weighted by molar-refractivity contribution is 0.181. The Morgan fingerprint density at radius 3 is 2.75 bits per heavy atom. The van der Waals surface area contributed by atoms with Gasteiger partial charge in [-0.3, -0.25) is 0 Å². The molecular formula is C14H29NO. The molecule has 1 saturated carbocycles. The molecule has 0 heterocycles. The maximum absolute atomic E-state index is 9.28. The van der Waals surface area contributed by atoms with Crippen molar-refractivity contribution in [1.82, 2.24) is 5.32 Å². The summed E-state index contributed by atoms with van der Waals surface area (Å²) in [5.41, 5.74) is 0. The lowest BCUT2D eigenvalue weighted by Crippen LogP contribution is -2.36. The second kappa shape index (κ2) is 8.08. The first-order valence-corrected chi connectivity index (χ1v) is 7.15. The monoisotopic (exact) mass is 227 g/mol. The first-order valence-electron chi connectivity index (χ1n) is 7.15. The van der Waals surface area contributed by atoms with Gasteiger partial charge in [-0.2, -0.15) is 0 Å². The largest absolute Gasteiger partial charge is 0.392 e. The normalized spacial score (nSPS) is 27.2. The van der Waals surface area contributed by atoms with Crippen molar-refractivity contribution >= 4 is 0 Å². The lowest BCUT2D eigenvalue weighted by atomic mass is 9.96. The first-order chi connectivity index (χ1) is 7.74. The zero-order chi connectivity index (χ0) is 11.8. The molecule has 0 saturated heterocycles. The van der Waals surface area contributed by atoms with E-state index in [1.165, 1.54) is 51.4 Å². The van der Waals surface area contributed by atoms with Crippen molar-refractivity contribution in [2.75, 3.05) is 6.54 Å². The van der Waals surface area contributed by atoms with E-state index in [2.05, 4.69) is 12.2 Å². The van der Waals surface area contributed by atoms with Crippen LogP contribution in [0.1, 0.15) is 65.2 Å². The van der Waals surface area contributed by atoms with Crippen molar-refractivity contribution in [2.24, 2.45) is 5.92 Å². The van der Waals surface area contributed by atoms with E-state index in [0.29, 0.717) is 6.04 Å². The van der Waals surface area contributed by atoms with Crippen molar-refractivity contribution < 1.29 is 5.11 Å². The molecule has 2 unspecified atom stereocenters. The molecule has 0 bridgehead atoms. The van der Waals surface area contributed by atoms with Crippen LogP contribution in [0.4, 0.5) is 0 Å². The van der Waals surface area contributed by atoms with Gasteiger partial charge >= 0.3 is 0 Å². The van der Waals surface area contributed by atoms with Crippen LogP contribution in [0.3, 0.4) is 0 Å². The number of hydrogen-bond donors (Lipinski definition) is 2. The third-order valence-corrected chi connectivity index (χ3v) is 3.76. The summed E-state index contributed by atoms with van der Waals surface area (Å²) < 4.78 is 0. The van der Waals surface area contributed by atoms with Crippen LogP contribution in [-0.2, 0) is 0 Å². The fourth-order valence-electron chi connectivity index (χ4n) is 2.81. The highest BCUT2D eigenvalue weighted by Gasteiger charge is 2.26. The van der Waals surface area contributed by atoms with Crippen LogP contribution in [0.5, 0.6) is 0 Å². The van der Waals surface area contributed by atoms with Crippen molar-refractivity contribution in [3.05, 3.63) is 0 Å². The molecule has 16 heavy (non-hydrogen) atoms. The molecule has 0 spiro atoms. The Kier molecular flexibility index (Phi) is 7.06. The Hall–Kier alpha value is -0.0800. The molecule has 0 radical (unpaired) electrons. The number of nitrogens with one attached hydrogen (secondary N) is 1. The van der Waals surface area contributed by atoms with Gasteiger partial charge in [0.05, 0.1) is 6.10 Å².